The lowest BCUT2D eigenvalue weighted by atomic mass is 10.2. The number of hydrogen-bond acceptors (Lipinski definition) is 4. The molecule has 1 aromatic heterocycles. The molecule has 0 fully saturated rings. The molecule has 1 aliphatic heterocycles. The number of nitrogens with zero attached hydrogens (tertiary/aromatic N) is 2. The quantitative estimate of drug-likeness (QED) is 0.792. The Kier molecular flexibility index (Phi) is 3.19. The van der Waals surface area contributed by atoms with Crippen molar-refractivity contribution in [3.63, 3.8) is 0 Å². The van der Waals surface area contributed by atoms with Crippen LogP contribution in [0.4, 0.5) is 0 Å². The van der Waals surface area contributed by atoms with Gasteiger partial charge in [-0.1, -0.05) is 30.3 Å². The van der Waals surface area contributed by atoms with Crippen LogP contribution >= 0.6 is 11.8 Å². The summed E-state index contributed by atoms with van der Waals surface area (Å²) in [6.45, 7) is 2.63. The number of thioether (sulfide) groups is 1. The van der Waals surface area contributed by atoms with Gasteiger partial charge in [-0.25, -0.2) is 4.98 Å². The third-order valence-electron chi connectivity index (χ3n) is 2.84. The fourth-order valence-electron chi connectivity index (χ4n) is 2.00. The fourth-order valence-corrected chi connectivity index (χ4v) is 3.01. The van der Waals surface area contributed by atoms with E-state index in [0.717, 1.165) is 34.5 Å². The van der Waals surface area contributed by atoms with E-state index >= 15 is 0 Å². The van der Waals surface area contributed by atoms with Crippen molar-refractivity contribution in [3.8, 4) is 17.3 Å². The van der Waals surface area contributed by atoms with E-state index in [4.69, 9.17) is 4.74 Å². The lowest BCUT2D eigenvalue weighted by molar-refractivity contribution is 0.321. The molecule has 4 heteroatoms. The van der Waals surface area contributed by atoms with Crippen LogP contribution in [-0.2, 0) is 6.42 Å². The SMILES string of the molecule is CCOc1nc(-c2ccccc2)nc2c1CCS2. The van der Waals surface area contributed by atoms with E-state index in [2.05, 4.69) is 9.97 Å². The zero-order chi connectivity index (χ0) is 12.4. The first-order valence-corrected chi connectivity index (χ1v) is 7.09. The van der Waals surface area contributed by atoms with Crippen molar-refractivity contribution in [1.82, 2.24) is 9.97 Å². The predicted molar refractivity (Wildman–Crippen MR) is 73.1 cm³/mol. The molecule has 0 atom stereocenters. The highest BCUT2D eigenvalue weighted by Crippen LogP contribution is 2.36. The maximum atomic E-state index is 5.65. The summed E-state index contributed by atoms with van der Waals surface area (Å²) in [6, 6.07) is 10.0. The first-order valence-electron chi connectivity index (χ1n) is 6.10. The third kappa shape index (κ3) is 2.08. The van der Waals surface area contributed by atoms with Crippen molar-refractivity contribution in [2.45, 2.75) is 18.4 Å². The highest BCUT2D eigenvalue weighted by molar-refractivity contribution is 7.99. The van der Waals surface area contributed by atoms with Crippen molar-refractivity contribution < 1.29 is 4.74 Å². The maximum Gasteiger partial charge on any atom is 0.221 e. The predicted octanol–water partition coefficient (Wildman–Crippen LogP) is 3.19. The Bertz CT molecular complexity index is 557. The third-order valence-corrected chi connectivity index (χ3v) is 3.85. The molecule has 0 aliphatic carbocycles. The molecular formula is C14H14N2OS. The van der Waals surface area contributed by atoms with E-state index in [1.807, 2.05) is 37.3 Å². The van der Waals surface area contributed by atoms with Gasteiger partial charge in [0.1, 0.15) is 5.03 Å². The molecule has 3 rings (SSSR count). The molecular weight excluding hydrogens is 244 g/mol. The van der Waals surface area contributed by atoms with Crippen LogP contribution in [-0.4, -0.2) is 22.3 Å². The van der Waals surface area contributed by atoms with Gasteiger partial charge in [0.25, 0.3) is 0 Å². The summed E-state index contributed by atoms with van der Waals surface area (Å²) in [5.74, 6) is 2.58. The smallest absolute Gasteiger partial charge is 0.221 e. The number of ether oxygens (including phenoxy) is 1. The van der Waals surface area contributed by atoms with Gasteiger partial charge in [-0.05, 0) is 13.3 Å². The van der Waals surface area contributed by atoms with E-state index in [1.165, 1.54) is 5.56 Å². The first kappa shape index (κ1) is 11.5. The van der Waals surface area contributed by atoms with E-state index in [1.54, 1.807) is 11.8 Å². The molecule has 1 aromatic carbocycles. The minimum Gasteiger partial charge on any atom is -0.478 e. The number of benzene rings is 1. The molecule has 3 nitrogen and oxygen atoms in total. The Morgan fingerprint density at radius 1 is 1.22 bits per heavy atom. The van der Waals surface area contributed by atoms with Crippen molar-refractivity contribution >= 4 is 11.8 Å². The lowest BCUT2D eigenvalue weighted by Gasteiger charge is -2.09. The Morgan fingerprint density at radius 2 is 2.06 bits per heavy atom. The lowest BCUT2D eigenvalue weighted by Crippen LogP contribution is -2.02. The van der Waals surface area contributed by atoms with Gasteiger partial charge >= 0.3 is 0 Å². The normalized spacial score (nSPS) is 13.4. The Labute approximate surface area is 111 Å². The van der Waals surface area contributed by atoms with Gasteiger partial charge in [-0.2, -0.15) is 4.98 Å². The number of rotatable bonds is 3. The van der Waals surface area contributed by atoms with Crippen LogP contribution in [0.3, 0.4) is 0 Å². The van der Waals surface area contributed by atoms with Gasteiger partial charge in [0.2, 0.25) is 5.88 Å². The van der Waals surface area contributed by atoms with Crippen molar-refractivity contribution in [3.05, 3.63) is 35.9 Å². The van der Waals surface area contributed by atoms with Crippen LogP contribution in [0.15, 0.2) is 35.4 Å². The summed E-state index contributed by atoms with van der Waals surface area (Å²) < 4.78 is 5.65. The van der Waals surface area contributed by atoms with E-state index < -0.39 is 0 Å². The van der Waals surface area contributed by atoms with Crippen LogP contribution in [0.25, 0.3) is 11.4 Å². The molecule has 0 saturated carbocycles. The maximum absolute atomic E-state index is 5.65. The molecule has 0 bridgehead atoms. The summed E-state index contributed by atoms with van der Waals surface area (Å²) in [5.41, 5.74) is 2.20. The average molecular weight is 258 g/mol. The molecule has 0 saturated heterocycles. The van der Waals surface area contributed by atoms with Crippen LogP contribution in [0.1, 0.15) is 12.5 Å². The van der Waals surface area contributed by atoms with E-state index in [0.29, 0.717) is 6.61 Å². The van der Waals surface area contributed by atoms with E-state index in [9.17, 15) is 0 Å². The summed E-state index contributed by atoms with van der Waals surface area (Å²) >= 11 is 1.79. The molecule has 0 radical (unpaired) electrons. The molecule has 1 aliphatic rings. The average Bonchev–Trinajstić information content (AvgIpc) is 2.88. The number of fused-ring (bicyclic) bond motifs is 1. The molecule has 2 heterocycles. The zero-order valence-corrected chi connectivity index (χ0v) is 11.0. The van der Waals surface area contributed by atoms with Gasteiger partial charge in [0.05, 0.1) is 6.61 Å². The first-order chi connectivity index (χ1) is 8.88. The van der Waals surface area contributed by atoms with Crippen LogP contribution in [0, 0.1) is 0 Å². The molecule has 0 amide bonds. The Hall–Kier alpha value is -1.55. The van der Waals surface area contributed by atoms with Gasteiger partial charge in [-0.3, -0.25) is 0 Å². The molecule has 92 valence electrons. The topological polar surface area (TPSA) is 35.0 Å². The second-order valence-electron chi connectivity index (χ2n) is 4.03. The Balaban J connectivity index is 2.09. The monoisotopic (exact) mass is 258 g/mol. The fraction of sp³-hybridized carbons (Fsp3) is 0.286. The van der Waals surface area contributed by atoms with Crippen LogP contribution < -0.4 is 4.74 Å². The minimum atomic E-state index is 0.641. The van der Waals surface area contributed by atoms with Crippen molar-refractivity contribution in [2.24, 2.45) is 0 Å². The minimum absolute atomic E-state index is 0.641. The van der Waals surface area contributed by atoms with Gasteiger partial charge < -0.3 is 4.74 Å². The Morgan fingerprint density at radius 3 is 2.83 bits per heavy atom. The highest BCUT2D eigenvalue weighted by atomic mass is 32.2. The number of aromatic nitrogens is 2. The van der Waals surface area contributed by atoms with Crippen LogP contribution in [0.5, 0.6) is 5.88 Å². The molecule has 0 spiro atoms. The summed E-state index contributed by atoms with van der Waals surface area (Å²) in [4.78, 5) is 9.20. The largest absolute Gasteiger partial charge is 0.478 e. The zero-order valence-electron chi connectivity index (χ0n) is 10.2. The molecule has 0 N–H and O–H groups in total. The molecule has 0 unspecified atom stereocenters. The van der Waals surface area contributed by atoms with E-state index in [-0.39, 0.29) is 0 Å². The molecule has 2 aromatic rings. The highest BCUT2D eigenvalue weighted by Gasteiger charge is 2.21. The number of hydrogen-bond donors (Lipinski definition) is 0. The summed E-state index contributed by atoms with van der Waals surface area (Å²) in [6.07, 6.45) is 1.00. The summed E-state index contributed by atoms with van der Waals surface area (Å²) in [5, 5.41) is 1.08. The van der Waals surface area contributed by atoms with Gasteiger partial charge in [-0.15, -0.1) is 11.8 Å². The molecule has 18 heavy (non-hydrogen) atoms. The second-order valence-corrected chi connectivity index (χ2v) is 5.12. The van der Waals surface area contributed by atoms with Gasteiger partial charge in [0, 0.05) is 16.9 Å². The summed E-state index contributed by atoms with van der Waals surface area (Å²) in [7, 11) is 0. The van der Waals surface area contributed by atoms with Crippen LogP contribution in [0.2, 0.25) is 0 Å². The van der Waals surface area contributed by atoms with Crippen molar-refractivity contribution in [2.75, 3.05) is 12.4 Å². The van der Waals surface area contributed by atoms with Gasteiger partial charge in [0.15, 0.2) is 5.82 Å². The van der Waals surface area contributed by atoms with Crippen molar-refractivity contribution in [1.29, 1.82) is 0 Å². The standard InChI is InChI=1S/C14H14N2OS/c1-2-17-13-11-8-9-18-14(11)16-12(15-13)10-6-4-3-5-7-10/h3-7H,2,8-9H2,1H3. The second kappa shape index (κ2) is 4.98.